The van der Waals surface area contributed by atoms with E-state index in [4.69, 9.17) is 4.98 Å². The number of rotatable bonds is 5. The smallest absolute Gasteiger partial charge is 0.255 e. The van der Waals surface area contributed by atoms with Crippen LogP contribution in [0.25, 0.3) is 22.2 Å². The van der Waals surface area contributed by atoms with E-state index in [9.17, 15) is 9.59 Å². The van der Waals surface area contributed by atoms with Crippen molar-refractivity contribution in [2.45, 2.75) is 33.2 Å². The molecule has 0 unspecified atom stereocenters. The summed E-state index contributed by atoms with van der Waals surface area (Å²) in [7, 11) is 0. The quantitative estimate of drug-likeness (QED) is 0.708. The van der Waals surface area contributed by atoms with Gasteiger partial charge in [-0.15, -0.1) is 0 Å². The summed E-state index contributed by atoms with van der Waals surface area (Å²) in [5.74, 6) is -0.346. The molecule has 3 aromatic rings. The summed E-state index contributed by atoms with van der Waals surface area (Å²) in [6.45, 7) is 8.10. The van der Waals surface area contributed by atoms with Crippen LogP contribution in [0.1, 0.15) is 38.1 Å². The summed E-state index contributed by atoms with van der Waals surface area (Å²) < 4.78 is 0. The predicted molar refractivity (Wildman–Crippen MR) is 117 cm³/mol. The number of likely N-dealkylation sites (N-methyl/N-ethyl adjacent to an activating group) is 1. The maximum Gasteiger partial charge on any atom is 0.255 e. The van der Waals surface area contributed by atoms with E-state index in [-0.39, 0.29) is 23.9 Å². The predicted octanol–water partition coefficient (Wildman–Crippen LogP) is 4.28. The van der Waals surface area contributed by atoms with Gasteiger partial charge in [0.15, 0.2) is 0 Å². The summed E-state index contributed by atoms with van der Waals surface area (Å²) in [6, 6.07) is 19.2. The topological polar surface area (TPSA) is 62.3 Å². The number of pyridine rings is 1. The molecule has 0 atom stereocenters. The number of amides is 2. The normalized spacial score (nSPS) is 11.3. The molecule has 0 bridgehead atoms. The third-order valence-electron chi connectivity index (χ3n) is 4.53. The zero-order valence-corrected chi connectivity index (χ0v) is 17.4. The molecule has 1 heterocycles. The monoisotopic (exact) mass is 389 g/mol. The van der Waals surface area contributed by atoms with E-state index in [1.807, 2.05) is 88.4 Å². The van der Waals surface area contributed by atoms with E-state index in [0.29, 0.717) is 12.1 Å². The van der Waals surface area contributed by atoms with Crippen LogP contribution in [0.3, 0.4) is 0 Å². The van der Waals surface area contributed by atoms with Gasteiger partial charge in [-0.05, 0) is 39.8 Å². The van der Waals surface area contributed by atoms with Crippen molar-refractivity contribution in [1.29, 1.82) is 0 Å². The number of nitrogens with zero attached hydrogens (tertiary/aromatic N) is 2. The number of carbonyl (C=O) groups is 2. The highest BCUT2D eigenvalue weighted by Gasteiger charge is 2.22. The number of nitrogens with one attached hydrogen (secondary N) is 1. The number of benzene rings is 2. The van der Waals surface area contributed by atoms with Crippen molar-refractivity contribution in [2.75, 3.05) is 13.1 Å². The molecule has 0 aliphatic carbocycles. The van der Waals surface area contributed by atoms with Gasteiger partial charge in [-0.25, -0.2) is 4.98 Å². The molecule has 150 valence electrons. The van der Waals surface area contributed by atoms with Gasteiger partial charge in [0.1, 0.15) is 0 Å². The fourth-order valence-corrected chi connectivity index (χ4v) is 3.24. The van der Waals surface area contributed by atoms with E-state index in [1.165, 1.54) is 0 Å². The van der Waals surface area contributed by atoms with Crippen LogP contribution in [0, 0.1) is 0 Å². The summed E-state index contributed by atoms with van der Waals surface area (Å²) in [6.07, 6.45) is 0. The number of hydrogen-bond donors (Lipinski definition) is 1. The second-order valence-corrected chi connectivity index (χ2v) is 8.06. The number of carbonyl (C=O) groups excluding carboxylic acids is 2. The molecule has 5 nitrogen and oxygen atoms in total. The molecule has 1 N–H and O–H groups in total. The molecule has 0 saturated heterocycles. The molecular weight excluding hydrogens is 362 g/mol. The lowest BCUT2D eigenvalue weighted by Gasteiger charge is -2.25. The lowest BCUT2D eigenvalue weighted by atomic mass is 10.0. The third kappa shape index (κ3) is 4.99. The first-order chi connectivity index (χ1) is 13.8. The average molecular weight is 389 g/mol. The number of para-hydroxylation sites is 1. The Balaban J connectivity index is 2.00. The van der Waals surface area contributed by atoms with Crippen LogP contribution in [-0.2, 0) is 4.79 Å². The molecule has 5 heteroatoms. The first kappa shape index (κ1) is 20.5. The Bertz CT molecular complexity index is 1020. The molecule has 2 amide bonds. The van der Waals surface area contributed by atoms with Crippen LogP contribution in [0.4, 0.5) is 0 Å². The summed E-state index contributed by atoms with van der Waals surface area (Å²) in [5.41, 5.74) is 2.65. The Labute approximate surface area is 171 Å². The zero-order valence-electron chi connectivity index (χ0n) is 17.4. The van der Waals surface area contributed by atoms with Gasteiger partial charge >= 0.3 is 0 Å². The van der Waals surface area contributed by atoms with Crippen LogP contribution in [0.15, 0.2) is 60.7 Å². The van der Waals surface area contributed by atoms with Crippen molar-refractivity contribution in [2.24, 2.45) is 0 Å². The van der Waals surface area contributed by atoms with Crippen molar-refractivity contribution >= 4 is 22.7 Å². The van der Waals surface area contributed by atoms with Crippen molar-refractivity contribution in [3.05, 3.63) is 66.2 Å². The highest BCUT2D eigenvalue weighted by atomic mass is 16.2. The van der Waals surface area contributed by atoms with Crippen molar-refractivity contribution in [1.82, 2.24) is 15.2 Å². The van der Waals surface area contributed by atoms with Gasteiger partial charge in [-0.3, -0.25) is 9.59 Å². The third-order valence-corrected chi connectivity index (χ3v) is 4.53. The first-order valence-electron chi connectivity index (χ1n) is 9.84. The van der Waals surface area contributed by atoms with Gasteiger partial charge in [0.2, 0.25) is 5.91 Å². The van der Waals surface area contributed by atoms with Crippen molar-refractivity contribution < 1.29 is 9.59 Å². The van der Waals surface area contributed by atoms with E-state index < -0.39 is 0 Å². The van der Waals surface area contributed by atoms with E-state index >= 15 is 0 Å². The summed E-state index contributed by atoms with van der Waals surface area (Å²) >= 11 is 0. The lowest BCUT2D eigenvalue weighted by Crippen LogP contribution is -2.47. The Morgan fingerprint density at radius 2 is 1.66 bits per heavy atom. The van der Waals surface area contributed by atoms with Gasteiger partial charge in [0, 0.05) is 23.0 Å². The Morgan fingerprint density at radius 1 is 1.00 bits per heavy atom. The molecular formula is C24H27N3O2. The maximum absolute atomic E-state index is 13.4. The lowest BCUT2D eigenvalue weighted by molar-refractivity contribution is -0.123. The van der Waals surface area contributed by atoms with Gasteiger partial charge in [-0.2, -0.15) is 0 Å². The van der Waals surface area contributed by atoms with Gasteiger partial charge in [-0.1, -0.05) is 48.5 Å². The molecule has 29 heavy (non-hydrogen) atoms. The van der Waals surface area contributed by atoms with E-state index in [0.717, 1.165) is 22.2 Å². The van der Waals surface area contributed by atoms with Crippen LogP contribution in [0.2, 0.25) is 0 Å². The molecule has 0 aliphatic heterocycles. The summed E-state index contributed by atoms with van der Waals surface area (Å²) in [4.78, 5) is 32.1. The minimum atomic E-state index is -0.344. The van der Waals surface area contributed by atoms with Crippen molar-refractivity contribution in [3.8, 4) is 11.3 Å². The molecule has 0 saturated carbocycles. The number of hydrogen-bond acceptors (Lipinski definition) is 3. The van der Waals surface area contributed by atoms with Crippen LogP contribution < -0.4 is 5.32 Å². The summed E-state index contributed by atoms with van der Waals surface area (Å²) in [5, 5.41) is 3.70. The average Bonchev–Trinajstić information content (AvgIpc) is 2.70. The van der Waals surface area contributed by atoms with Crippen LogP contribution in [-0.4, -0.2) is 40.3 Å². The van der Waals surface area contributed by atoms with Crippen molar-refractivity contribution in [3.63, 3.8) is 0 Å². The maximum atomic E-state index is 13.4. The molecule has 0 radical (unpaired) electrons. The molecule has 1 aromatic heterocycles. The molecule has 0 fully saturated rings. The highest BCUT2D eigenvalue weighted by Crippen LogP contribution is 2.25. The second-order valence-electron chi connectivity index (χ2n) is 8.06. The largest absolute Gasteiger partial charge is 0.350 e. The van der Waals surface area contributed by atoms with Crippen LogP contribution >= 0.6 is 0 Å². The molecule has 0 spiro atoms. The minimum Gasteiger partial charge on any atom is -0.350 e. The molecule has 3 rings (SSSR count). The number of fused-ring (bicyclic) bond motifs is 1. The fourth-order valence-electron chi connectivity index (χ4n) is 3.24. The van der Waals surface area contributed by atoms with Crippen LogP contribution in [0.5, 0.6) is 0 Å². The minimum absolute atomic E-state index is 0.0178. The second kappa shape index (κ2) is 8.43. The molecule has 0 aliphatic rings. The van der Waals surface area contributed by atoms with E-state index in [1.54, 1.807) is 4.90 Å². The Kier molecular flexibility index (Phi) is 5.97. The Morgan fingerprint density at radius 3 is 2.31 bits per heavy atom. The zero-order chi connectivity index (χ0) is 21.0. The Hall–Kier alpha value is -3.21. The standard InChI is InChI=1S/C24H27N3O2/c1-5-27(16-22(28)26-24(2,3)4)23(29)19-15-21(17-11-7-6-8-12-17)25-20-14-10-9-13-18(19)20/h6-15H,5,16H2,1-4H3,(H,26,28). The highest BCUT2D eigenvalue weighted by molar-refractivity contribution is 6.08. The first-order valence-corrected chi connectivity index (χ1v) is 9.84. The fraction of sp³-hybridized carbons (Fsp3) is 0.292. The van der Waals surface area contributed by atoms with Gasteiger partial charge in [0.05, 0.1) is 23.3 Å². The van der Waals surface area contributed by atoms with Gasteiger partial charge in [0.25, 0.3) is 5.91 Å². The number of aromatic nitrogens is 1. The SMILES string of the molecule is CCN(CC(=O)NC(C)(C)C)C(=O)c1cc(-c2ccccc2)nc2ccccc12. The molecule has 2 aromatic carbocycles. The van der Waals surface area contributed by atoms with E-state index in [2.05, 4.69) is 5.32 Å². The van der Waals surface area contributed by atoms with Gasteiger partial charge < -0.3 is 10.2 Å².